The number of nitrogens with zero attached hydrogens (tertiary/aromatic N) is 1. The Kier molecular flexibility index (Phi) is 3.78. The maximum atomic E-state index is 11.4. The Balaban J connectivity index is 2.75. The molecule has 9 nitrogen and oxygen atoms in total. The molecule has 1 atom stereocenters. The van der Waals surface area contributed by atoms with Crippen molar-refractivity contribution in [2.45, 2.75) is 6.04 Å². The second-order valence-electron chi connectivity index (χ2n) is 3.06. The highest BCUT2D eigenvalue weighted by molar-refractivity contribution is 5.95. The molecule has 0 unspecified atom stereocenters. The maximum Gasteiger partial charge on any atom is 0.328 e. The van der Waals surface area contributed by atoms with Gasteiger partial charge in [-0.05, 0) is 11.0 Å². The molecule has 1 rings (SSSR count). The van der Waals surface area contributed by atoms with Gasteiger partial charge in [-0.2, -0.15) is 0 Å². The summed E-state index contributed by atoms with van der Waals surface area (Å²) >= 11 is 0. The average molecular weight is 243 g/mol. The molecule has 0 spiro atoms. The summed E-state index contributed by atoms with van der Waals surface area (Å²) in [6.07, 6.45) is 0. The molecule has 1 aromatic heterocycles. The number of carbonyl (C=O) groups excluding carboxylic acids is 1. The molecule has 4 N–H and O–H groups in total. The van der Waals surface area contributed by atoms with E-state index in [1.807, 2.05) is 5.32 Å². The minimum atomic E-state index is -1.45. The molecule has 0 aliphatic rings. The van der Waals surface area contributed by atoms with Crippen LogP contribution in [0.4, 0.5) is 5.82 Å². The Morgan fingerprint density at radius 1 is 1.53 bits per heavy atom. The van der Waals surface area contributed by atoms with E-state index in [9.17, 15) is 19.7 Å². The fraction of sp³-hybridized carbons (Fsp3) is 0.250. The Morgan fingerprint density at radius 3 is 2.59 bits per heavy atom. The number of aromatic amines is 1. The first-order chi connectivity index (χ1) is 7.95. The number of amides is 1. The van der Waals surface area contributed by atoms with E-state index in [2.05, 4.69) is 4.98 Å². The molecule has 0 radical (unpaired) electrons. The molecular formula is C8H9N3O6. The molecule has 0 saturated carbocycles. The van der Waals surface area contributed by atoms with Crippen molar-refractivity contribution >= 4 is 17.7 Å². The van der Waals surface area contributed by atoms with E-state index in [0.717, 1.165) is 12.1 Å². The van der Waals surface area contributed by atoms with Crippen LogP contribution in [0.2, 0.25) is 0 Å². The van der Waals surface area contributed by atoms with E-state index in [4.69, 9.17) is 10.2 Å². The van der Waals surface area contributed by atoms with Gasteiger partial charge in [0, 0.05) is 6.07 Å². The Bertz CT molecular complexity index is 454. The number of hydrogen-bond donors (Lipinski definition) is 4. The molecule has 9 heteroatoms. The predicted molar refractivity (Wildman–Crippen MR) is 53.4 cm³/mol. The van der Waals surface area contributed by atoms with Crippen LogP contribution < -0.4 is 5.32 Å². The summed E-state index contributed by atoms with van der Waals surface area (Å²) in [6, 6.07) is 0.762. The van der Waals surface area contributed by atoms with Gasteiger partial charge in [0.2, 0.25) is 0 Å². The summed E-state index contributed by atoms with van der Waals surface area (Å²) in [6.45, 7) is -0.774. The lowest BCUT2D eigenvalue weighted by Crippen LogP contribution is -2.43. The van der Waals surface area contributed by atoms with Crippen molar-refractivity contribution in [3.63, 3.8) is 0 Å². The van der Waals surface area contributed by atoms with Gasteiger partial charge in [-0.1, -0.05) is 0 Å². The van der Waals surface area contributed by atoms with Crippen molar-refractivity contribution in [1.82, 2.24) is 10.3 Å². The van der Waals surface area contributed by atoms with Crippen molar-refractivity contribution in [2.24, 2.45) is 0 Å². The van der Waals surface area contributed by atoms with Gasteiger partial charge in [0.1, 0.15) is 0 Å². The monoisotopic (exact) mass is 243 g/mol. The summed E-state index contributed by atoms with van der Waals surface area (Å²) in [4.78, 5) is 33.7. The van der Waals surface area contributed by atoms with E-state index in [-0.39, 0.29) is 11.5 Å². The number of carboxylic acid groups (broad SMARTS) is 1. The zero-order chi connectivity index (χ0) is 13.0. The summed E-state index contributed by atoms with van der Waals surface area (Å²) < 4.78 is 0. The third-order valence-electron chi connectivity index (χ3n) is 1.90. The van der Waals surface area contributed by atoms with Crippen LogP contribution in [0.25, 0.3) is 0 Å². The second-order valence-corrected chi connectivity index (χ2v) is 3.06. The van der Waals surface area contributed by atoms with E-state index >= 15 is 0 Å². The number of aliphatic hydroxyl groups excluding tert-OH is 1. The van der Waals surface area contributed by atoms with E-state index in [1.54, 1.807) is 0 Å². The fourth-order valence-electron chi connectivity index (χ4n) is 1.04. The van der Waals surface area contributed by atoms with Crippen LogP contribution in [0.3, 0.4) is 0 Å². The quantitative estimate of drug-likeness (QED) is 0.389. The number of aliphatic hydroxyl groups is 1. The standard InChI is InChI=1S/C8H9N3O6/c12-3-5(8(14)15)10-7(13)4-1-2-6(9-4)11(16)17/h1-2,5,9,12H,3H2,(H,10,13)(H,14,15)/t5-/m1/s1. The van der Waals surface area contributed by atoms with Crippen molar-refractivity contribution in [3.05, 3.63) is 27.9 Å². The largest absolute Gasteiger partial charge is 0.480 e. The lowest BCUT2D eigenvalue weighted by molar-refractivity contribution is -0.389. The molecule has 1 heterocycles. The summed E-state index contributed by atoms with van der Waals surface area (Å²) in [7, 11) is 0. The van der Waals surface area contributed by atoms with Crippen LogP contribution in [-0.2, 0) is 4.79 Å². The number of nitro groups is 1. The molecule has 0 aliphatic carbocycles. The molecule has 92 valence electrons. The van der Waals surface area contributed by atoms with Crippen molar-refractivity contribution in [1.29, 1.82) is 0 Å². The molecule has 1 amide bonds. The first kappa shape index (κ1) is 12.6. The van der Waals surface area contributed by atoms with Gasteiger partial charge in [0.15, 0.2) is 11.7 Å². The van der Waals surface area contributed by atoms with Gasteiger partial charge in [0.25, 0.3) is 5.91 Å². The number of aliphatic carboxylic acids is 1. The Labute approximate surface area is 94.2 Å². The lowest BCUT2D eigenvalue weighted by atomic mass is 10.3. The van der Waals surface area contributed by atoms with Crippen molar-refractivity contribution in [3.8, 4) is 0 Å². The first-order valence-electron chi connectivity index (χ1n) is 4.43. The topological polar surface area (TPSA) is 146 Å². The first-order valence-corrected chi connectivity index (χ1v) is 4.43. The molecule has 0 bridgehead atoms. The number of nitrogens with one attached hydrogen (secondary N) is 2. The van der Waals surface area contributed by atoms with Gasteiger partial charge in [-0.3, -0.25) is 4.79 Å². The van der Waals surface area contributed by atoms with Crippen LogP contribution in [0, 0.1) is 10.1 Å². The number of carboxylic acids is 1. The molecule has 17 heavy (non-hydrogen) atoms. The van der Waals surface area contributed by atoms with Gasteiger partial charge < -0.3 is 25.6 Å². The highest BCUT2D eigenvalue weighted by Crippen LogP contribution is 2.09. The van der Waals surface area contributed by atoms with Crippen LogP contribution in [-0.4, -0.2) is 44.6 Å². The average Bonchev–Trinajstić information content (AvgIpc) is 2.74. The van der Waals surface area contributed by atoms with Gasteiger partial charge >= 0.3 is 11.8 Å². The normalized spacial score (nSPS) is 11.8. The minimum Gasteiger partial charge on any atom is -0.480 e. The van der Waals surface area contributed by atoms with E-state index in [0.29, 0.717) is 0 Å². The molecule has 0 aromatic carbocycles. The SMILES string of the molecule is O=C(N[C@H](CO)C(=O)O)c1ccc([N+](=O)[O-])[nH]1. The summed E-state index contributed by atoms with van der Waals surface area (Å²) in [5.74, 6) is -2.63. The number of rotatable bonds is 5. The third kappa shape index (κ3) is 3.01. The minimum absolute atomic E-state index is 0.156. The second kappa shape index (κ2) is 5.07. The summed E-state index contributed by atoms with van der Waals surface area (Å²) in [5, 5.41) is 29.6. The molecular weight excluding hydrogens is 234 g/mol. The molecule has 1 aromatic rings. The fourth-order valence-corrected chi connectivity index (χ4v) is 1.04. The van der Waals surface area contributed by atoms with Crippen molar-refractivity contribution in [2.75, 3.05) is 6.61 Å². The van der Waals surface area contributed by atoms with E-state index < -0.39 is 29.4 Å². The van der Waals surface area contributed by atoms with Crippen LogP contribution >= 0.6 is 0 Å². The third-order valence-corrected chi connectivity index (χ3v) is 1.90. The van der Waals surface area contributed by atoms with E-state index in [1.165, 1.54) is 0 Å². The maximum absolute atomic E-state index is 11.4. The van der Waals surface area contributed by atoms with Crippen LogP contribution in [0.15, 0.2) is 12.1 Å². The Hall–Kier alpha value is -2.42. The summed E-state index contributed by atoms with van der Waals surface area (Å²) in [5.41, 5.74) is -0.156. The number of aromatic nitrogens is 1. The Morgan fingerprint density at radius 2 is 2.18 bits per heavy atom. The highest BCUT2D eigenvalue weighted by Gasteiger charge is 2.22. The van der Waals surface area contributed by atoms with Crippen LogP contribution in [0.5, 0.6) is 0 Å². The zero-order valence-electron chi connectivity index (χ0n) is 8.41. The van der Waals surface area contributed by atoms with Crippen molar-refractivity contribution < 1.29 is 24.7 Å². The smallest absolute Gasteiger partial charge is 0.328 e. The van der Waals surface area contributed by atoms with Crippen LogP contribution in [0.1, 0.15) is 10.5 Å². The van der Waals surface area contributed by atoms with Gasteiger partial charge in [-0.25, -0.2) is 9.78 Å². The number of hydrogen-bond acceptors (Lipinski definition) is 5. The number of carbonyl (C=O) groups is 2. The van der Waals surface area contributed by atoms with Gasteiger partial charge in [0.05, 0.1) is 6.61 Å². The van der Waals surface area contributed by atoms with Gasteiger partial charge in [-0.15, -0.1) is 0 Å². The molecule has 0 fully saturated rings. The molecule has 0 aliphatic heterocycles. The highest BCUT2D eigenvalue weighted by atomic mass is 16.6. The molecule has 0 saturated heterocycles. The zero-order valence-corrected chi connectivity index (χ0v) is 8.41. The lowest BCUT2D eigenvalue weighted by Gasteiger charge is -2.09. The number of H-pyrrole nitrogens is 1. The predicted octanol–water partition coefficient (Wildman–Crippen LogP) is -0.902.